The number of anilines is 1. The lowest BCUT2D eigenvalue weighted by Gasteiger charge is -2.34. The molecule has 4 rings (SSSR count). The Morgan fingerprint density at radius 2 is 1.95 bits per heavy atom. The van der Waals surface area contributed by atoms with Gasteiger partial charge in [0, 0.05) is 56.1 Å². The number of rotatable bonds is 2. The minimum atomic E-state index is -0.197. The van der Waals surface area contributed by atoms with E-state index in [0.29, 0.717) is 5.56 Å². The molecule has 6 heteroatoms. The Kier molecular flexibility index (Phi) is 3.35. The van der Waals surface area contributed by atoms with Gasteiger partial charge in [-0.25, -0.2) is 4.39 Å². The fourth-order valence-electron chi connectivity index (χ4n) is 3.23. The van der Waals surface area contributed by atoms with Gasteiger partial charge in [-0.3, -0.25) is 5.10 Å². The van der Waals surface area contributed by atoms with Gasteiger partial charge in [-0.1, -0.05) is 0 Å². The monoisotopic (exact) mass is 301 g/mol. The van der Waals surface area contributed by atoms with Crippen LogP contribution in [0.25, 0.3) is 11.3 Å². The highest BCUT2D eigenvalue weighted by molar-refractivity contribution is 5.68. The molecular weight excluding hydrogens is 281 g/mol. The van der Waals surface area contributed by atoms with E-state index in [1.165, 1.54) is 0 Å². The van der Waals surface area contributed by atoms with Gasteiger partial charge in [0.05, 0.1) is 11.4 Å². The number of H-pyrrole nitrogens is 1. The molecule has 1 saturated heterocycles. The maximum absolute atomic E-state index is 14.6. The fraction of sp³-hybridized carbons (Fsp3) is 0.438. The standard InChI is InChI=1S/C16H20FN5/c1-21-4-6-22(7-5-21)11-2-3-12(14(17)8-11)16-13-9-18-10-15(13)19-20-16/h2-3,8,18H,4-7,9-10H2,1H3,(H,19,20). The molecule has 116 valence electrons. The summed E-state index contributed by atoms with van der Waals surface area (Å²) in [5.74, 6) is -0.197. The van der Waals surface area contributed by atoms with Crippen LogP contribution in [0.4, 0.5) is 10.1 Å². The first-order chi connectivity index (χ1) is 10.7. The van der Waals surface area contributed by atoms with Crippen LogP contribution >= 0.6 is 0 Å². The van der Waals surface area contributed by atoms with Gasteiger partial charge in [0.15, 0.2) is 0 Å². The fourth-order valence-corrected chi connectivity index (χ4v) is 3.23. The van der Waals surface area contributed by atoms with Crippen LogP contribution in [0.3, 0.4) is 0 Å². The Labute approximate surface area is 129 Å². The summed E-state index contributed by atoms with van der Waals surface area (Å²) >= 11 is 0. The zero-order valence-electron chi connectivity index (χ0n) is 12.7. The van der Waals surface area contributed by atoms with Crippen LogP contribution in [0.2, 0.25) is 0 Å². The average Bonchev–Trinajstić information content (AvgIpc) is 3.11. The summed E-state index contributed by atoms with van der Waals surface area (Å²) in [5.41, 5.74) is 4.44. The van der Waals surface area contributed by atoms with Gasteiger partial charge in [0.2, 0.25) is 0 Å². The van der Waals surface area contributed by atoms with Gasteiger partial charge >= 0.3 is 0 Å². The van der Waals surface area contributed by atoms with Gasteiger partial charge in [0.1, 0.15) is 5.82 Å². The quantitative estimate of drug-likeness (QED) is 0.884. The molecule has 0 aliphatic carbocycles. The summed E-state index contributed by atoms with van der Waals surface area (Å²) in [6.07, 6.45) is 0. The lowest BCUT2D eigenvalue weighted by molar-refractivity contribution is 0.313. The third-order valence-corrected chi connectivity index (χ3v) is 4.63. The first-order valence-corrected chi connectivity index (χ1v) is 7.72. The highest BCUT2D eigenvalue weighted by Crippen LogP contribution is 2.31. The van der Waals surface area contributed by atoms with Crippen LogP contribution in [0, 0.1) is 5.82 Å². The number of nitrogens with zero attached hydrogens (tertiary/aromatic N) is 3. The van der Waals surface area contributed by atoms with E-state index >= 15 is 0 Å². The number of nitrogens with one attached hydrogen (secondary N) is 2. The number of fused-ring (bicyclic) bond motifs is 1. The second-order valence-electron chi connectivity index (χ2n) is 6.09. The van der Waals surface area contributed by atoms with Crippen molar-refractivity contribution in [3.8, 4) is 11.3 Å². The van der Waals surface area contributed by atoms with Crippen molar-refractivity contribution < 1.29 is 4.39 Å². The van der Waals surface area contributed by atoms with E-state index in [2.05, 4.69) is 32.4 Å². The van der Waals surface area contributed by atoms with Crippen molar-refractivity contribution in [1.82, 2.24) is 20.4 Å². The highest BCUT2D eigenvalue weighted by atomic mass is 19.1. The van der Waals surface area contributed by atoms with E-state index in [-0.39, 0.29) is 5.82 Å². The van der Waals surface area contributed by atoms with Gasteiger partial charge in [-0.15, -0.1) is 0 Å². The molecule has 3 heterocycles. The molecule has 2 aromatic rings. The van der Waals surface area contributed by atoms with Crippen LogP contribution < -0.4 is 10.2 Å². The molecule has 2 aliphatic heterocycles. The number of hydrogen-bond acceptors (Lipinski definition) is 4. The summed E-state index contributed by atoms with van der Waals surface area (Å²) in [4.78, 5) is 4.53. The molecule has 5 nitrogen and oxygen atoms in total. The molecule has 0 bridgehead atoms. The Morgan fingerprint density at radius 3 is 2.73 bits per heavy atom. The molecule has 22 heavy (non-hydrogen) atoms. The van der Waals surface area contributed by atoms with Crippen molar-refractivity contribution in [1.29, 1.82) is 0 Å². The van der Waals surface area contributed by atoms with Crippen molar-refractivity contribution in [2.24, 2.45) is 0 Å². The van der Waals surface area contributed by atoms with E-state index in [9.17, 15) is 4.39 Å². The van der Waals surface area contributed by atoms with Crippen LogP contribution in [-0.2, 0) is 13.1 Å². The zero-order chi connectivity index (χ0) is 15.1. The SMILES string of the molecule is CN1CCN(c2ccc(-c3n[nH]c4c3CNC4)c(F)c2)CC1. The number of halogens is 1. The van der Waals surface area contributed by atoms with E-state index < -0.39 is 0 Å². The van der Waals surface area contributed by atoms with Gasteiger partial charge in [-0.2, -0.15) is 5.10 Å². The smallest absolute Gasteiger partial charge is 0.134 e. The summed E-state index contributed by atoms with van der Waals surface area (Å²) in [7, 11) is 2.12. The first kappa shape index (κ1) is 13.7. The highest BCUT2D eigenvalue weighted by Gasteiger charge is 2.22. The number of aromatic nitrogens is 2. The summed E-state index contributed by atoms with van der Waals surface area (Å²) < 4.78 is 14.6. The van der Waals surface area contributed by atoms with Gasteiger partial charge in [0.25, 0.3) is 0 Å². The molecule has 1 fully saturated rings. The number of likely N-dealkylation sites (N-methyl/N-ethyl adjacent to an activating group) is 1. The van der Waals surface area contributed by atoms with Crippen LogP contribution in [0.15, 0.2) is 18.2 Å². The number of hydrogen-bond donors (Lipinski definition) is 2. The van der Waals surface area contributed by atoms with Gasteiger partial charge in [-0.05, 0) is 25.2 Å². The van der Waals surface area contributed by atoms with Crippen LogP contribution in [0.5, 0.6) is 0 Å². The van der Waals surface area contributed by atoms with E-state index in [1.807, 2.05) is 12.1 Å². The average molecular weight is 301 g/mol. The normalized spacial score (nSPS) is 18.7. The molecular formula is C16H20FN5. The van der Waals surface area contributed by atoms with E-state index in [4.69, 9.17) is 0 Å². The lowest BCUT2D eigenvalue weighted by Crippen LogP contribution is -2.44. The maximum Gasteiger partial charge on any atom is 0.134 e. The third-order valence-electron chi connectivity index (χ3n) is 4.63. The predicted octanol–water partition coefficient (Wildman–Crippen LogP) is 1.57. The molecule has 2 aliphatic rings. The largest absolute Gasteiger partial charge is 0.369 e. The second-order valence-corrected chi connectivity index (χ2v) is 6.09. The van der Waals surface area contributed by atoms with Crippen molar-refractivity contribution in [3.05, 3.63) is 35.3 Å². The van der Waals surface area contributed by atoms with Crippen LogP contribution in [0.1, 0.15) is 11.3 Å². The molecule has 1 aromatic heterocycles. The lowest BCUT2D eigenvalue weighted by atomic mass is 10.1. The number of piperazine rings is 1. The third kappa shape index (κ3) is 2.28. The topological polar surface area (TPSA) is 47.2 Å². The number of aromatic amines is 1. The molecule has 0 unspecified atom stereocenters. The molecule has 2 N–H and O–H groups in total. The van der Waals surface area contributed by atoms with Crippen molar-refractivity contribution >= 4 is 5.69 Å². The van der Waals surface area contributed by atoms with Crippen molar-refractivity contribution in [2.45, 2.75) is 13.1 Å². The molecule has 0 saturated carbocycles. The van der Waals surface area contributed by atoms with Crippen molar-refractivity contribution in [3.63, 3.8) is 0 Å². The molecule has 0 atom stereocenters. The summed E-state index contributed by atoms with van der Waals surface area (Å²) in [6.45, 7) is 5.45. The van der Waals surface area contributed by atoms with Crippen molar-refractivity contribution in [2.75, 3.05) is 38.1 Å². The Hall–Kier alpha value is -1.92. The van der Waals surface area contributed by atoms with Crippen LogP contribution in [-0.4, -0.2) is 48.3 Å². The van der Waals surface area contributed by atoms with E-state index in [1.54, 1.807) is 6.07 Å². The van der Waals surface area contributed by atoms with Gasteiger partial charge < -0.3 is 15.1 Å². The Morgan fingerprint density at radius 1 is 1.14 bits per heavy atom. The molecule has 0 spiro atoms. The first-order valence-electron chi connectivity index (χ1n) is 7.72. The summed E-state index contributed by atoms with van der Waals surface area (Å²) in [6, 6.07) is 5.51. The second kappa shape index (κ2) is 5.37. The molecule has 0 amide bonds. The molecule has 1 aromatic carbocycles. The Balaban J connectivity index is 1.63. The predicted molar refractivity (Wildman–Crippen MR) is 84.2 cm³/mol. The maximum atomic E-state index is 14.6. The molecule has 0 radical (unpaired) electrons. The Bertz CT molecular complexity index is 688. The zero-order valence-corrected chi connectivity index (χ0v) is 12.7. The minimum Gasteiger partial charge on any atom is -0.369 e. The van der Waals surface area contributed by atoms with E-state index in [0.717, 1.165) is 61.9 Å². The summed E-state index contributed by atoms with van der Waals surface area (Å²) in [5, 5.41) is 10.6. The number of benzene rings is 1. The minimum absolute atomic E-state index is 0.197.